The number of para-hydroxylation sites is 1. The van der Waals surface area contributed by atoms with Crippen molar-refractivity contribution in [2.75, 3.05) is 0 Å². The Morgan fingerprint density at radius 3 is 1.92 bits per heavy atom. The Labute approximate surface area is 296 Å². The molecule has 0 aliphatic heterocycles. The van der Waals surface area contributed by atoms with Crippen LogP contribution in [0.15, 0.2) is 142 Å². The van der Waals surface area contributed by atoms with Gasteiger partial charge in [-0.3, -0.25) is 29.1 Å². The van der Waals surface area contributed by atoms with Gasteiger partial charge in [0.15, 0.2) is 17.2 Å². The highest BCUT2D eigenvalue weighted by Gasteiger charge is 2.25. The van der Waals surface area contributed by atoms with Crippen molar-refractivity contribution in [3.05, 3.63) is 118 Å². The van der Waals surface area contributed by atoms with Gasteiger partial charge >= 0.3 is 0 Å². The molecular formula is C31H21N9O11S2. The maximum absolute atomic E-state index is 12.7. The summed E-state index contributed by atoms with van der Waals surface area (Å²) in [7, 11) is -10.00. The lowest BCUT2D eigenvalue weighted by molar-refractivity contribution is -0.384. The van der Waals surface area contributed by atoms with Crippen LogP contribution in [0, 0.1) is 10.1 Å². The van der Waals surface area contributed by atoms with Gasteiger partial charge in [0.05, 0.1) is 33.6 Å². The molecule has 0 saturated carbocycles. The van der Waals surface area contributed by atoms with Crippen LogP contribution in [0.2, 0.25) is 0 Å². The van der Waals surface area contributed by atoms with Crippen LogP contribution in [-0.2, 0) is 20.2 Å². The fraction of sp³-hybridized carbons (Fsp3) is 0. The third-order valence-electron chi connectivity index (χ3n) is 7.30. The Hall–Kier alpha value is -7.01. The molecular weight excluding hydrogens is 739 g/mol. The summed E-state index contributed by atoms with van der Waals surface area (Å²) in [5.74, 6) is -1.76. The second-order valence-electron chi connectivity index (χ2n) is 10.7. The number of rotatable bonds is 10. The monoisotopic (exact) mass is 759 g/mol. The quantitative estimate of drug-likeness (QED) is 0.0397. The van der Waals surface area contributed by atoms with E-state index in [0.717, 1.165) is 36.4 Å². The molecule has 6 aromatic rings. The number of non-ortho nitro benzene ring substituents is 1. The normalized spacial score (nSPS) is 12.4. The SMILES string of the molecule is O=c1c(N=Nc2ccc(N=Nc3ccc4cc(S(=O)(=O)O)c(N=Nc5ccc([N+](=O)[O-])cc5)c(O)c4c3O)c(S(=O)(=O)O)c2)c[nH]n1-c1ccccc1. The van der Waals surface area contributed by atoms with E-state index in [1.807, 2.05) is 0 Å². The van der Waals surface area contributed by atoms with Crippen LogP contribution < -0.4 is 5.56 Å². The first-order valence-corrected chi connectivity index (χ1v) is 17.5. The first-order chi connectivity index (χ1) is 25.1. The minimum atomic E-state index is -5.03. The third-order valence-corrected chi connectivity index (χ3v) is 9.05. The molecule has 5 N–H and O–H groups in total. The highest BCUT2D eigenvalue weighted by molar-refractivity contribution is 7.86. The molecule has 0 aliphatic carbocycles. The molecule has 0 aliphatic rings. The van der Waals surface area contributed by atoms with Crippen LogP contribution in [0.1, 0.15) is 0 Å². The second-order valence-corrected chi connectivity index (χ2v) is 13.5. The molecule has 268 valence electrons. The number of phenols is 2. The zero-order valence-corrected chi connectivity index (χ0v) is 27.9. The van der Waals surface area contributed by atoms with Gasteiger partial charge in [-0.2, -0.15) is 27.1 Å². The Kier molecular flexibility index (Phi) is 9.43. The number of benzene rings is 5. The molecule has 20 nitrogen and oxygen atoms in total. The minimum Gasteiger partial charge on any atom is -0.505 e. The molecule has 5 aromatic carbocycles. The topological polar surface area (TPSA) is 304 Å². The van der Waals surface area contributed by atoms with E-state index in [1.165, 1.54) is 35.1 Å². The molecule has 1 aromatic heterocycles. The Bertz CT molecular complexity index is 2800. The fourth-order valence-electron chi connectivity index (χ4n) is 4.81. The fourth-order valence-corrected chi connectivity index (χ4v) is 6.11. The molecule has 22 heteroatoms. The van der Waals surface area contributed by atoms with E-state index >= 15 is 0 Å². The van der Waals surface area contributed by atoms with Crippen molar-refractivity contribution in [3.8, 4) is 17.2 Å². The Morgan fingerprint density at radius 2 is 1.26 bits per heavy atom. The van der Waals surface area contributed by atoms with E-state index in [0.29, 0.717) is 5.69 Å². The Balaban J connectivity index is 1.35. The summed E-state index contributed by atoms with van der Waals surface area (Å²) in [4.78, 5) is 21.3. The van der Waals surface area contributed by atoms with Gasteiger partial charge in [-0.05, 0) is 60.0 Å². The van der Waals surface area contributed by atoms with Crippen molar-refractivity contribution in [1.82, 2.24) is 9.78 Å². The smallest absolute Gasteiger partial charge is 0.298 e. The number of aromatic hydroxyl groups is 2. The van der Waals surface area contributed by atoms with E-state index in [4.69, 9.17) is 0 Å². The van der Waals surface area contributed by atoms with Crippen LogP contribution in [0.5, 0.6) is 11.5 Å². The molecule has 0 unspecified atom stereocenters. The van der Waals surface area contributed by atoms with E-state index in [9.17, 15) is 51.1 Å². The number of nitrogens with zero attached hydrogens (tertiary/aromatic N) is 8. The summed E-state index contributed by atoms with van der Waals surface area (Å²) in [6, 6.07) is 19.6. The summed E-state index contributed by atoms with van der Waals surface area (Å²) >= 11 is 0. The zero-order valence-electron chi connectivity index (χ0n) is 26.3. The molecule has 0 spiro atoms. The summed E-state index contributed by atoms with van der Waals surface area (Å²) in [5, 5.41) is 58.1. The molecule has 0 radical (unpaired) electrons. The summed E-state index contributed by atoms with van der Waals surface area (Å²) < 4.78 is 69.9. The summed E-state index contributed by atoms with van der Waals surface area (Å²) in [5.41, 5.74) is -2.11. The lowest BCUT2D eigenvalue weighted by atomic mass is 10.1. The van der Waals surface area contributed by atoms with Crippen molar-refractivity contribution < 1.29 is 41.1 Å². The highest BCUT2D eigenvalue weighted by Crippen LogP contribution is 2.48. The van der Waals surface area contributed by atoms with Gasteiger partial charge in [-0.15, -0.1) is 20.5 Å². The van der Waals surface area contributed by atoms with E-state index in [2.05, 4.69) is 35.8 Å². The van der Waals surface area contributed by atoms with E-state index in [1.54, 1.807) is 30.3 Å². The van der Waals surface area contributed by atoms with Crippen LogP contribution in [0.4, 0.5) is 39.8 Å². The van der Waals surface area contributed by atoms with Crippen LogP contribution >= 0.6 is 0 Å². The number of phenolic OH excluding ortho intramolecular Hbond substituents is 2. The lowest BCUT2D eigenvalue weighted by Gasteiger charge is -2.11. The van der Waals surface area contributed by atoms with Gasteiger partial charge in [-0.25, -0.2) is 4.68 Å². The number of azo groups is 3. The van der Waals surface area contributed by atoms with Crippen LogP contribution in [0.25, 0.3) is 16.5 Å². The van der Waals surface area contributed by atoms with Gasteiger partial charge in [0.1, 0.15) is 26.9 Å². The van der Waals surface area contributed by atoms with Crippen molar-refractivity contribution in [1.29, 1.82) is 0 Å². The average Bonchev–Trinajstić information content (AvgIpc) is 3.49. The molecule has 0 bridgehead atoms. The number of nitro groups is 1. The number of nitro benzene ring substituents is 1. The number of hydrogen-bond donors (Lipinski definition) is 5. The molecule has 0 saturated heterocycles. The number of fused-ring (bicyclic) bond motifs is 1. The highest BCUT2D eigenvalue weighted by atomic mass is 32.2. The number of nitrogens with one attached hydrogen (secondary N) is 1. The maximum Gasteiger partial charge on any atom is 0.298 e. The average molecular weight is 760 g/mol. The summed E-state index contributed by atoms with van der Waals surface area (Å²) in [6.07, 6.45) is 1.29. The zero-order chi connectivity index (χ0) is 38.1. The van der Waals surface area contributed by atoms with Crippen molar-refractivity contribution in [2.45, 2.75) is 9.79 Å². The van der Waals surface area contributed by atoms with Crippen molar-refractivity contribution in [2.24, 2.45) is 30.7 Å². The number of aromatic amines is 1. The van der Waals surface area contributed by atoms with E-state index in [-0.39, 0.29) is 33.8 Å². The molecule has 0 atom stereocenters. The second kappa shape index (κ2) is 14.0. The largest absolute Gasteiger partial charge is 0.505 e. The lowest BCUT2D eigenvalue weighted by Crippen LogP contribution is -2.13. The predicted octanol–water partition coefficient (Wildman–Crippen LogP) is 7.38. The van der Waals surface area contributed by atoms with E-state index < -0.39 is 68.8 Å². The van der Waals surface area contributed by atoms with Crippen LogP contribution in [-0.4, -0.2) is 50.9 Å². The number of H-pyrrole nitrogens is 1. The predicted molar refractivity (Wildman–Crippen MR) is 185 cm³/mol. The van der Waals surface area contributed by atoms with Gasteiger partial charge in [-0.1, -0.05) is 24.3 Å². The maximum atomic E-state index is 12.7. The molecule has 0 fully saturated rings. The van der Waals surface area contributed by atoms with Gasteiger partial charge in [0.25, 0.3) is 31.5 Å². The first kappa shape index (κ1) is 35.8. The minimum absolute atomic E-state index is 0.00103. The van der Waals surface area contributed by atoms with Crippen molar-refractivity contribution >= 4 is 70.8 Å². The van der Waals surface area contributed by atoms with Gasteiger partial charge < -0.3 is 10.2 Å². The third kappa shape index (κ3) is 7.54. The van der Waals surface area contributed by atoms with Crippen molar-refractivity contribution in [3.63, 3.8) is 0 Å². The summed E-state index contributed by atoms with van der Waals surface area (Å²) in [6.45, 7) is 0. The molecule has 6 rings (SSSR count). The van der Waals surface area contributed by atoms with Gasteiger partial charge in [0.2, 0.25) is 0 Å². The number of aromatic nitrogens is 2. The first-order valence-electron chi connectivity index (χ1n) is 14.6. The molecule has 53 heavy (non-hydrogen) atoms. The van der Waals surface area contributed by atoms with Gasteiger partial charge in [0, 0.05) is 12.1 Å². The number of hydrogen-bond acceptors (Lipinski definition) is 15. The Morgan fingerprint density at radius 1 is 0.660 bits per heavy atom. The molecule has 1 heterocycles. The standard InChI is InChI=1S/C31H21N9O11S2/c41-29-23(12-6-17-14-26(53(49,50)51)28(30(42)27(17)29)38-33-18-7-10-21(11-8-18)40(44)45)36-35-22-13-9-19(15-25(22)52(46,47)48)34-37-24-16-32-39(31(24)43)20-4-2-1-3-5-20/h1-16,32,41-42H,(H,46,47,48)(H,49,50,51). The van der Waals surface area contributed by atoms with Crippen LogP contribution in [0.3, 0.4) is 0 Å². The molecule has 0 amide bonds.